The second-order valence-corrected chi connectivity index (χ2v) is 4.63. The predicted octanol–water partition coefficient (Wildman–Crippen LogP) is 1.00. The lowest BCUT2D eigenvalue weighted by molar-refractivity contribution is -0.117. The molecule has 1 aliphatic rings. The van der Waals surface area contributed by atoms with Gasteiger partial charge >= 0.3 is 0 Å². The van der Waals surface area contributed by atoms with Gasteiger partial charge in [0.05, 0.1) is 6.33 Å². The van der Waals surface area contributed by atoms with E-state index in [0.717, 1.165) is 19.4 Å². The van der Waals surface area contributed by atoms with E-state index in [-0.39, 0.29) is 17.7 Å². The maximum Gasteiger partial charge on any atom is 0.274 e. The van der Waals surface area contributed by atoms with Gasteiger partial charge in [-0.3, -0.25) is 9.59 Å². The fraction of sp³-hybridized carbons (Fsp3) is 0.583. The number of ketones is 1. The lowest BCUT2D eigenvalue weighted by Crippen LogP contribution is -2.36. The third-order valence-corrected chi connectivity index (χ3v) is 3.09. The smallest absolute Gasteiger partial charge is 0.274 e. The zero-order valence-corrected chi connectivity index (χ0v) is 10.2. The number of aryl methyl sites for hydroxylation is 1. The molecule has 0 saturated carbocycles. The van der Waals surface area contributed by atoms with Crippen molar-refractivity contribution >= 4 is 11.7 Å². The number of likely N-dealkylation sites (tertiary alicyclic amines) is 1. The fourth-order valence-electron chi connectivity index (χ4n) is 2.32. The van der Waals surface area contributed by atoms with Crippen molar-refractivity contribution in [2.45, 2.75) is 32.2 Å². The highest BCUT2D eigenvalue weighted by atomic mass is 16.2. The average Bonchev–Trinajstić information content (AvgIpc) is 2.85. The van der Waals surface area contributed by atoms with E-state index in [9.17, 15) is 9.59 Å². The Morgan fingerprint density at radius 2 is 2.29 bits per heavy atom. The third kappa shape index (κ3) is 2.54. The summed E-state index contributed by atoms with van der Waals surface area (Å²) < 4.78 is 1.75. The standard InChI is InChI=1S/C12H17N3O2/c1-9(16)6-10-4-3-5-15(10)12(17)11-7-14(2)8-13-11/h7-8,10H,3-6H2,1-2H3. The highest BCUT2D eigenvalue weighted by molar-refractivity contribution is 5.93. The van der Waals surface area contributed by atoms with Gasteiger partial charge in [-0.1, -0.05) is 0 Å². The molecule has 1 aromatic rings. The fourth-order valence-corrected chi connectivity index (χ4v) is 2.32. The van der Waals surface area contributed by atoms with E-state index < -0.39 is 0 Å². The third-order valence-electron chi connectivity index (χ3n) is 3.09. The molecule has 5 nitrogen and oxygen atoms in total. The molecular weight excluding hydrogens is 218 g/mol. The summed E-state index contributed by atoms with van der Waals surface area (Å²) in [6, 6.07) is 0.0574. The Balaban J connectivity index is 2.10. The number of Topliss-reactive ketones (excluding diaryl/α,β-unsaturated/α-hetero) is 1. The number of carbonyl (C=O) groups is 2. The van der Waals surface area contributed by atoms with Gasteiger partial charge < -0.3 is 9.47 Å². The lowest BCUT2D eigenvalue weighted by atomic mass is 10.1. The summed E-state index contributed by atoms with van der Waals surface area (Å²) in [6.45, 7) is 2.30. The summed E-state index contributed by atoms with van der Waals surface area (Å²) in [6.07, 6.45) is 5.67. The molecule has 0 radical (unpaired) electrons. The van der Waals surface area contributed by atoms with Crippen LogP contribution in [-0.2, 0) is 11.8 Å². The molecule has 0 bridgehead atoms. The Bertz CT molecular complexity index is 439. The first kappa shape index (κ1) is 11.8. The van der Waals surface area contributed by atoms with Crippen molar-refractivity contribution in [3.05, 3.63) is 18.2 Å². The Hall–Kier alpha value is -1.65. The van der Waals surface area contributed by atoms with Crippen molar-refractivity contribution in [3.63, 3.8) is 0 Å². The summed E-state index contributed by atoms with van der Waals surface area (Å²) in [4.78, 5) is 29.2. The van der Waals surface area contributed by atoms with Crippen LogP contribution in [0.1, 0.15) is 36.7 Å². The van der Waals surface area contributed by atoms with Gasteiger partial charge in [0.1, 0.15) is 11.5 Å². The van der Waals surface area contributed by atoms with Crippen LogP contribution in [0, 0.1) is 0 Å². The first-order valence-electron chi connectivity index (χ1n) is 5.86. The normalized spacial score (nSPS) is 19.6. The zero-order valence-electron chi connectivity index (χ0n) is 10.2. The van der Waals surface area contributed by atoms with Gasteiger partial charge in [0.25, 0.3) is 5.91 Å². The maximum absolute atomic E-state index is 12.2. The molecule has 92 valence electrons. The van der Waals surface area contributed by atoms with E-state index in [4.69, 9.17) is 0 Å². The predicted molar refractivity (Wildman–Crippen MR) is 62.6 cm³/mol. The van der Waals surface area contributed by atoms with Gasteiger partial charge in [0.15, 0.2) is 0 Å². The van der Waals surface area contributed by atoms with Crippen molar-refractivity contribution in [2.24, 2.45) is 7.05 Å². The van der Waals surface area contributed by atoms with Crippen LogP contribution in [0.2, 0.25) is 0 Å². The van der Waals surface area contributed by atoms with E-state index in [1.54, 1.807) is 28.9 Å². The molecule has 1 saturated heterocycles. The molecule has 17 heavy (non-hydrogen) atoms. The summed E-state index contributed by atoms with van der Waals surface area (Å²) in [5, 5.41) is 0. The number of imidazole rings is 1. The topological polar surface area (TPSA) is 55.2 Å². The van der Waals surface area contributed by atoms with Crippen LogP contribution in [-0.4, -0.2) is 38.7 Å². The molecular formula is C12H17N3O2. The van der Waals surface area contributed by atoms with Crippen molar-refractivity contribution in [1.82, 2.24) is 14.5 Å². The minimum absolute atomic E-state index is 0.0574. The quantitative estimate of drug-likeness (QED) is 0.785. The molecule has 0 aliphatic carbocycles. The van der Waals surface area contributed by atoms with Crippen LogP contribution in [0.3, 0.4) is 0 Å². The molecule has 1 aromatic heterocycles. The molecule has 2 rings (SSSR count). The number of aromatic nitrogens is 2. The van der Waals surface area contributed by atoms with Gasteiger partial charge in [-0.2, -0.15) is 0 Å². The second kappa shape index (κ2) is 4.69. The Labute approximate surface area is 100 Å². The Morgan fingerprint density at radius 3 is 2.88 bits per heavy atom. The van der Waals surface area contributed by atoms with Crippen LogP contribution < -0.4 is 0 Å². The van der Waals surface area contributed by atoms with Crippen LogP contribution >= 0.6 is 0 Å². The van der Waals surface area contributed by atoms with Crippen LogP contribution in [0.15, 0.2) is 12.5 Å². The van der Waals surface area contributed by atoms with Gasteiger partial charge in [-0.25, -0.2) is 4.98 Å². The number of rotatable bonds is 3. The average molecular weight is 235 g/mol. The number of nitrogens with zero attached hydrogens (tertiary/aromatic N) is 3. The minimum Gasteiger partial charge on any atom is -0.340 e. The van der Waals surface area contributed by atoms with Gasteiger partial charge in [0, 0.05) is 32.3 Å². The Kier molecular flexibility index (Phi) is 3.26. The van der Waals surface area contributed by atoms with Crippen molar-refractivity contribution in [2.75, 3.05) is 6.54 Å². The van der Waals surface area contributed by atoms with Crippen LogP contribution in [0.4, 0.5) is 0 Å². The number of hydrogen-bond donors (Lipinski definition) is 0. The van der Waals surface area contributed by atoms with Crippen molar-refractivity contribution < 1.29 is 9.59 Å². The van der Waals surface area contributed by atoms with Crippen LogP contribution in [0.25, 0.3) is 0 Å². The van der Waals surface area contributed by atoms with Gasteiger partial charge in [-0.05, 0) is 19.8 Å². The molecule has 0 spiro atoms. The van der Waals surface area contributed by atoms with Crippen LogP contribution in [0.5, 0.6) is 0 Å². The summed E-state index contributed by atoms with van der Waals surface area (Å²) in [5.74, 6) is 0.0741. The maximum atomic E-state index is 12.2. The van der Waals surface area contributed by atoms with E-state index in [2.05, 4.69) is 4.98 Å². The van der Waals surface area contributed by atoms with E-state index in [1.165, 1.54) is 0 Å². The summed E-state index contributed by atoms with van der Waals surface area (Å²) >= 11 is 0. The first-order chi connectivity index (χ1) is 8.08. The molecule has 1 unspecified atom stereocenters. The summed E-state index contributed by atoms with van der Waals surface area (Å²) in [7, 11) is 1.83. The highest BCUT2D eigenvalue weighted by Crippen LogP contribution is 2.22. The molecule has 1 atom stereocenters. The van der Waals surface area contributed by atoms with Crippen molar-refractivity contribution in [1.29, 1.82) is 0 Å². The molecule has 2 heterocycles. The van der Waals surface area contributed by atoms with E-state index in [1.807, 2.05) is 7.05 Å². The molecule has 5 heteroatoms. The first-order valence-corrected chi connectivity index (χ1v) is 5.86. The molecule has 0 aromatic carbocycles. The molecule has 1 amide bonds. The lowest BCUT2D eigenvalue weighted by Gasteiger charge is -2.22. The van der Waals surface area contributed by atoms with E-state index >= 15 is 0 Å². The zero-order chi connectivity index (χ0) is 12.4. The molecule has 1 fully saturated rings. The SMILES string of the molecule is CC(=O)CC1CCCN1C(=O)c1cn(C)cn1. The number of hydrogen-bond acceptors (Lipinski definition) is 3. The molecule has 0 N–H and O–H groups in total. The Morgan fingerprint density at radius 1 is 1.53 bits per heavy atom. The van der Waals surface area contributed by atoms with Crippen molar-refractivity contribution in [3.8, 4) is 0 Å². The highest BCUT2D eigenvalue weighted by Gasteiger charge is 2.30. The van der Waals surface area contributed by atoms with Gasteiger partial charge in [-0.15, -0.1) is 0 Å². The number of amides is 1. The van der Waals surface area contributed by atoms with E-state index in [0.29, 0.717) is 12.1 Å². The monoisotopic (exact) mass is 235 g/mol. The minimum atomic E-state index is -0.0608. The van der Waals surface area contributed by atoms with Gasteiger partial charge in [0.2, 0.25) is 0 Å². The largest absolute Gasteiger partial charge is 0.340 e. The molecule has 1 aliphatic heterocycles. The number of carbonyl (C=O) groups excluding carboxylic acids is 2. The second-order valence-electron chi connectivity index (χ2n) is 4.63. The summed E-state index contributed by atoms with van der Waals surface area (Å²) in [5.41, 5.74) is 0.461.